The van der Waals surface area contributed by atoms with Crippen LogP contribution < -0.4 is 14.8 Å². The summed E-state index contributed by atoms with van der Waals surface area (Å²) in [5, 5.41) is 14.0. The maximum absolute atomic E-state index is 10.1. The largest absolute Gasteiger partial charge is 0.505 e. The average Bonchev–Trinajstić information content (AvgIpc) is 2.57. The Hall–Kier alpha value is -2.54. The topological polar surface area (TPSA) is 76.5 Å². The molecule has 0 unspecified atom stereocenters. The van der Waals surface area contributed by atoms with E-state index in [1.807, 2.05) is 18.2 Å². The summed E-state index contributed by atoms with van der Waals surface area (Å²) in [6, 6.07) is 9.04. The van der Waals surface area contributed by atoms with Gasteiger partial charge in [0.25, 0.3) is 0 Å². The number of nitrogens with zero attached hydrogens (tertiary/aromatic N) is 2. The summed E-state index contributed by atoms with van der Waals surface area (Å²) in [6.45, 7) is 1.04. The van der Waals surface area contributed by atoms with Crippen LogP contribution in [0.25, 0.3) is 10.9 Å². The molecule has 0 saturated carbocycles. The van der Waals surface area contributed by atoms with Gasteiger partial charge in [-0.1, -0.05) is 6.07 Å². The summed E-state index contributed by atoms with van der Waals surface area (Å²) in [5.41, 5.74) is 1.29. The van der Waals surface area contributed by atoms with Crippen LogP contribution in [0.5, 0.6) is 17.2 Å². The SMILES string of the molecule is Oc1c(Br)cccc1Nc1ncnc2cc3c(cc12)OCCO3. The number of halogens is 1. The van der Waals surface area contributed by atoms with E-state index in [9.17, 15) is 5.11 Å². The Balaban J connectivity index is 1.82. The molecule has 0 atom stereocenters. The molecule has 2 N–H and O–H groups in total. The first-order valence-corrected chi connectivity index (χ1v) is 7.80. The highest BCUT2D eigenvalue weighted by Gasteiger charge is 2.16. The van der Waals surface area contributed by atoms with Gasteiger partial charge in [0.15, 0.2) is 17.2 Å². The molecule has 1 aliphatic heterocycles. The smallest absolute Gasteiger partial charge is 0.163 e. The number of para-hydroxylation sites is 1. The Morgan fingerprint density at radius 1 is 1.09 bits per heavy atom. The average molecular weight is 374 g/mol. The number of rotatable bonds is 2. The normalized spacial score (nSPS) is 13.1. The van der Waals surface area contributed by atoms with E-state index < -0.39 is 0 Å². The lowest BCUT2D eigenvalue weighted by molar-refractivity contribution is 0.172. The first-order valence-electron chi connectivity index (χ1n) is 7.01. The van der Waals surface area contributed by atoms with E-state index in [0.717, 1.165) is 10.9 Å². The van der Waals surface area contributed by atoms with Crippen LogP contribution in [0.2, 0.25) is 0 Å². The van der Waals surface area contributed by atoms with E-state index in [-0.39, 0.29) is 5.75 Å². The maximum Gasteiger partial charge on any atom is 0.163 e. The molecule has 0 saturated heterocycles. The lowest BCUT2D eigenvalue weighted by Gasteiger charge is -2.19. The van der Waals surface area contributed by atoms with E-state index in [1.165, 1.54) is 6.33 Å². The van der Waals surface area contributed by atoms with E-state index in [2.05, 4.69) is 31.2 Å². The molecule has 3 aromatic rings. The number of hydrogen-bond donors (Lipinski definition) is 2. The fourth-order valence-corrected chi connectivity index (χ4v) is 2.80. The lowest BCUT2D eigenvalue weighted by Crippen LogP contribution is -2.15. The zero-order valence-electron chi connectivity index (χ0n) is 11.9. The standard InChI is InChI=1S/C16H12BrN3O3/c17-10-2-1-3-11(15(10)21)20-16-9-6-13-14(23-5-4-22-13)7-12(9)18-8-19-16/h1-3,6-8,21H,4-5H2,(H,18,19,20). The molecule has 2 heterocycles. The van der Waals surface area contributed by atoms with Crippen molar-refractivity contribution in [3.05, 3.63) is 41.1 Å². The summed E-state index contributed by atoms with van der Waals surface area (Å²) in [6.07, 6.45) is 1.47. The summed E-state index contributed by atoms with van der Waals surface area (Å²) >= 11 is 3.30. The molecular weight excluding hydrogens is 362 g/mol. The van der Waals surface area contributed by atoms with E-state index in [0.29, 0.717) is 40.7 Å². The number of anilines is 2. The van der Waals surface area contributed by atoms with Crippen LogP contribution in [0.3, 0.4) is 0 Å². The third-order valence-electron chi connectivity index (χ3n) is 3.54. The van der Waals surface area contributed by atoms with Gasteiger partial charge in [0, 0.05) is 11.5 Å². The number of nitrogens with one attached hydrogen (secondary N) is 1. The Bertz CT molecular complexity index is 901. The molecule has 0 fully saturated rings. The molecule has 0 amide bonds. The Labute approximate surface area is 140 Å². The maximum atomic E-state index is 10.1. The number of aromatic nitrogens is 2. The van der Waals surface area contributed by atoms with Crippen LogP contribution >= 0.6 is 15.9 Å². The van der Waals surface area contributed by atoms with Gasteiger partial charge in [-0.05, 0) is 34.1 Å². The number of phenols is 1. The Morgan fingerprint density at radius 3 is 2.70 bits per heavy atom. The monoisotopic (exact) mass is 373 g/mol. The van der Waals surface area contributed by atoms with Gasteiger partial charge in [0.2, 0.25) is 0 Å². The van der Waals surface area contributed by atoms with Gasteiger partial charge in [-0.2, -0.15) is 0 Å². The zero-order valence-corrected chi connectivity index (χ0v) is 13.5. The number of hydrogen-bond acceptors (Lipinski definition) is 6. The highest BCUT2D eigenvalue weighted by Crippen LogP contribution is 2.38. The van der Waals surface area contributed by atoms with Crippen LogP contribution in [-0.4, -0.2) is 28.3 Å². The number of phenolic OH excluding ortho intramolecular Hbond substituents is 1. The third kappa shape index (κ3) is 2.53. The van der Waals surface area contributed by atoms with Crippen LogP contribution in [0.15, 0.2) is 41.1 Å². The first kappa shape index (κ1) is 14.1. The second-order valence-corrected chi connectivity index (χ2v) is 5.85. The molecule has 0 bridgehead atoms. The van der Waals surface area contributed by atoms with Gasteiger partial charge in [-0.3, -0.25) is 0 Å². The molecular formula is C16H12BrN3O3. The highest BCUT2D eigenvalue weighted by atomic mass is 79.9. The fraction of sp³-hybridized carbons (Fsp3) is 0.125. The molecule has 0 spiro atoms. The van der Waals surface area contributed by atoms with Crippen LogP contribution in [0.4, 0.5) is 11.5 Å². The van der Waals surface area contributed by atoms with E-state index in [4.69, 9.17) is 9.47 Å². The van der Waals surface area contributed by atoms with Crippen molar-refractivity contribution in [2.24, 2.45) is 0 Å². The molecule has 1 aromatic heterocycles. The van der Waals surface area contributed by atoms with Crippen molar-refractivity contribution in [3.8, 4) is 17.2 Å². The number of fused-ring (bicyclic) bond motifs is 2. The number of aromatic hydroxyl groups is 1. The summed E-state index contributed by atoms with van der Waals surface area (Å²) in [5.74, 6) is 2.05. The second kappa shape index (κ2) is 5.58. The highest BCUT2D eigenvalue weighted by molar-refractivity contribution is 9.10. The minimum atomic E-state index is 0.122. The molecule has 0 radical (unpaired) electrons. The van der Waals surface area contributed by atoms with Gasteiger partial charge in [0.1, 0.15) is 25.4 Å². The van der Waals surface area contributed by atoms with Crippen molar-refractivity contribution < 1.29 is 14.6 Å². The summed E-state index contributed by atoms with van der Waals surface area (Å²) < 4.78 is 11.8. The van der Waals surface area contributed by atoms with Crippen LogP contribution in [-0.2, 0) is 0 Å². The van der Waals surface area contributed by atoms with Crippen LogP contribution in [0.1, 0.15) is 0 Å². The second-order valence-electron chi connectivity index (χ2n) is 5.00. The third-order valence-corrected chi connectivity index (χ3v) is 4.18. The molecule has 23 heavy (non-hydrogen) atoms. The van der Waals surface area contributed by atoms with E-state index >= 15 is 0 Å². The molecule has 7 heteroatoms. The fourth-order valence-electron chi connectivity index (χ4n) is 2.44. The minimum Gasteiger partial charge on any atom is -0.505 e. The summed E-state index contributed by atoms with van der Waals surface area (Å²) in [7, 11) is 0. The first-order chi connectivity index (χ1) is 11.2. The van der Waals surface area contributed by atoms with Crippen molar-refractivity contribution in [3.63, 3.8) is 0 Å². The molecule has 1 aliphatic rings. The number of benzene rings is 2. The van der Waals surface area contributed by atoms with E-state index in [1.54, 1.807) is 12.1 Å². The molecule has 116 valence electrons. The molecule has 0 aliphatic carbocycles. The minimum absolute atomic E-state index is 0.122. The Morgan fingerprint density at radius 2 is 1.87 bits per heavy atom. The van der Waals surface area contributed by atoms with Gasteiger partial charge < -0.3 is 19.9 Å². The van der Waals surface area contributed by atoms with Crippen molar-refractivity contribution in [2.45, 2.75) is 0 Å². The van der Waals surface area contributed by atoms with Crippen molar-refractivity contribution in [2.75, 3.05) is 18.5 Å². The lowest BCUT2D eigenvalue weighted by atomic mass is 10.2. The molecule has 4 rings (SSSR count). The van der Waals surface area contributed by atoms with Crippen molar-refractivity contribution in [1.82, 2.24) is 9.97 Å². The van der Waals surface area contributed by atoms with Gasteiger partial charge in [0.05, 0.1) is 15.7 Å². The van der Waals surface area contributed by atoms with Gasteiger partial charge >= 0.3 is 0 Å². The van der Waals surface area contributed by atoms with Crippen LogP contribution in [0, 0.1) is 0 Å². The summed E-state index contributed by atoms with van der Waals surface area (Å²) in [4.78, 5) is 8.55. The van der Waals surface area contributed by atoms with Gasteiger partial charge in [-0.15, -0.1) is 0 Å². The van der Waals surface area contributed by atoms with Crippen molar-refractivity contribution >= 4 is 38.3 Å². The predicted octanol–water partition coefficient (Wildman–Crippen LogP) is 3.61. The zero-order chi connectivity index (χ0) is 15.8. The Kier molecular flexibility index (Phi) is 3.42. The molecule has 2 aromatic carbocycles. The van der Waals surface area contributed by atoms with Gasteiger partial charge in [-0.25, -0.2) is 9.97 Å². The quantitative estimate of drug-likeness (QED) is 0.668. The molecule has 6 nitrogen and oxygen atoms in total. The van der Waals surface area contributed by atoms with Crippen molar-refractivity contribution in [1.29, 1.82) is 0 Å². The predicted molar refractivity (Wildman–Crippen MR) is 89.6 cm³/mol. The number of ether oxygens (including phenoxy) is 2.